The van der Waals surface area contributed by atoms with Crippen LogP contribution in [0.5, 0.6) is 0 Å². The number of benzene rings is 1. The molecule has 1 aliphatic rings. The molecule has 5 heteroatoms. The second-order valence-corrected chi connectivity index (χ2v) is 6.97. The Balaban J connectivity index is 1.89. The molecule has 0 saturated carbocycles. The van der Waals surface area contributed by atoms with E-state index in [2.05, 4.69) is 17.6 Å². The molecule has 0 unspecified atom stereocenters. The monoisotopic (exact) mass is 343 g/mol. The first-order chi connectivity index (χ1) is 11.5. The van der Waals surface area contributed by atoms with Gasteiger partial charge in [-0.05, 0) is 43.7 Å². The number of hydrogen-bond acceptors (Lipinski definition) is 4. The molecule has 126 valence electrons. The number of thioether (sulfide) groups is 1. The third-order valence-electron chi connectivity index (χ3n) is 4.51. The van der Waals surface area contributed by atoms with E-state index in [-0.39, 0.29) is 17.5 Å². The number of ketones is 1. The van der Waals surface area contributed by atoms with Crippen LogP contribution in [0.25, 0.3) is 0 Å². The fourth-order valence-corrected chi connectivity index (χ4v) is 3.80. The Morgan fingerprint density at radius 2 is 2.04 bits per heavy atom. The van der Waals surface area contributed by atoms with E-state index in [1.807, 2.05) is 19.1 Å². The van der Waals surface area contributed by atoms with Crippen LogP contribution in [-0.4, -0.2) is 17.9 Å². The molecule has 1 N–H and O–H groups in total. The lowest BCUT2D eigenvalue weighted by Crippen LogP contribution is -2.14. The maximum Gasteiger partial charge on any atom is 0.291 e. The summed E-state index contributed by atoms with van der Waals surface area (Å²) in [7, 11) is 0. The molecular formula is C19H21NO3S. The van der Waals surface area contributed by atoms with Crippen molar-refractivity contribution >= 4 is 29.1 Å². The molecule has 1 aromatic heterocycles. The van der Waals surface area contributed by atoms with E-state index in [0.29, 0.717) is 23.3 Å². The summed E-state index contributed by atoms with van der Waals surface area (Å²) in [6, 6.07) is 5.90. The van der Waals surface area contributed by atoms with Crippen LogP contribution in [-0.2, 0) is 12.2 Å². The Morgan fingerprint density at radius 1 is 1.25 bits per heavy atom. The highest BCUT2D eigenvalue weighted by atomic mass is 32.2. The van der Waals surface area contributed by atoms with Gasteiger partial charge in [0.1, 0.15) is 5.76 Å². The summed E-state index contributed by atoms with van der Waals surface area (Å²) in [6.07, 6.45) is 4.09. The predicted octanol–water partition coefficient (Wildman–Crippen LogP) is 4.53. The molecule has 0 fully saturated rings. The zero-order chi connectivity index (χ0) is 17.3. The third kappa shape index (κ3) is 3.00. The van der Waals surface area contributed by atoms with Crippen molar-refractivity contribution in [2.24, 2.45) is 0 Å². The van der Waals surface area contributed by atoms with E-state index in [4.69, 9.17) is 4.42 Å². The van der Waals surface area contributed by atoms with Crippen LogP contribution in [0, 0.1) is 13.8 Å². The van der Waals surface area contributed by atoms with Gasteiger partial charge in [-0.2, -0.15) is 11.8 Å². The number of amides is 1. The standard InChI is InChI=1S/C19H21NO3S/c1-11-13(10-24-3)6-4-7-14(11)20-19(22)18-12(2)17-15(21)8-5-9-16(17)23-18/h4,6-7H,5,8-10H2,1-3H3,(H,20,22). The molecule has 0 radical (unpaired) electrons. The molecule has 4 nitrogen and oxygen atoms in total. The number of carbonyl (C=O) groups excluding carboxylic acids is 2. The van der Waals surface area contributed by atoms with Gasteiger partial charge in [-0.3, -0.25) is 9.59 Å². The summed E-state index contributed by atoms with van der Waals surface area (Å²) in [5.41, 5.74) is 4.31. The average Bonchev–Trinajstić information content (AvgIpc) is 2.90. The van der Waals surface area contributed by atoms with E-state index in [0.717, 1.165) is 29.8 Å². The molecule has 3 rings (SSSR count). The number of Topliss-reactive ketones (excluding diaryl/α,β-unsaturated/α-hetero) is 1. The van der Waals surface area contributed by atoms with Gasteiger partial charge in [0.15, 0.2) is 11.5 Å². The molecular weight excluding hydrogens is 322 g/mol. The van der Waals surface area contributed by atoms with E-state index in [9.17, 15) is 9.59 Å². The number of anilines is 1. The van der Waals surface area contributed by atoms with Gasteiger partial charge in [0.05, 0.1) is 5.56 Å². The topological polar surface area (TPSA) is 59.3 Å². The molecule has 0 aliphatic heterocycles. The number of hydrogen-bond donors (Lipinski definition) is 1. The summed E-state index contributed by atoms with van der Waals surface area (Å²) in [5.74, 6) is 1.60. The highest BCUT2D eigenvalue weighted by molar-refractivity contribution is 7.97. The van der Waals surface area contributed by atoms with Gasteiger partial charge < -0.3 is 9.73 Å². The first kappa shape index (κ1) is 16.8. The van der Waals surface area contributed by atoms with Gasteiger partial charge >= 0.3 is 0 Å². The Kier molecular flexibility index (Phi) is 4.81. The van der Waals surface area contributed by atoms with Crippen LogP contribution in [0.15, 0.2) is 22.6 Å². The smallest absolute Gasteiger partial charge is 0.291 e. The Labute approximate surface area is 146 Å². The molecule has 0 spiro atoms. The maximum atomic E-state index is 12.7. The summed E-state index contributed by atoms with van der Waals surface area (Å²) < 4.78 is 5.72. The molecule has 0 atom stereocenters. The average molecular weight is 343 g/mol. The van der Waals surface area contributed by atoms with Crippen molar-refractivity contribution in [2.45, 2.75) is 38.9 Å². The van der Waals surface area contributed by atoms with Crippen molar-refractivity contribution in [3.63, 3.8) is 0 Å². The number of aryl methyl sites for hydroxylation is 1. The number of rotatable bonds is 4. The van der Waals surface area contributed by atoms with Crippen LogP contribution in [0.1, 0.15) is 56.2 Å². The fourth-order valence-electron chi connectivity index (χ4n) is 3.18. The minimum Gasteiger partial charge on any atom is -0.455 e. The molecule has 1 heterocycles. The maximum absolute atomic E-state index is 12.7. The van der Waals surface area contributed by atoms with E-state index in [1.165, 1.54) is 5.56 Å². The minimum absolute atomic E-state index is 0.0784. The van der Waals surface area contributed by atoms with Gasteiger partial charge in [-0.15, -0.1) is 0 Å². The highest BCUT2D eigenvalue weighted by Gasteiger charge is 2.28. The van der Waals surface area contributed by atoms with E-state index >= 15 is 0 Å². The first-order valence-corrected chi connectivity index (χ1v) is 9.46. The molecule has 0 bridgehead atoms. The fraction of sp³-hybridized carbons (Fsp3) is 0.368. The van der Waals surface area contributed by atoms with Crippen LogP contribution in [0.4, 0.5) is 5.69 Å². The molecule has 1 aliphatic carbocycles. The third-order valence-corrected chi connectivity index (χ3v) is 5.11. The Bertz CT molecular complexity index is 807. The molecule has 1 aromatic carbocycles. The summed E-state index contributed by atoms with van der Waals surface area (Å²) in [4.78, 5) is 24.7. The quantitative estimate of drug-likeness (QED) is 0.886. The van der Waals surface area contributed by atoms with Gasteiger partial charge in [-0.1, -0.05) is 12.1 Å². The number of nitrogens with one attached hydrogen (secondary N) is 1. The number of fused-ring (bicyclic) bond motifs is 1. The zero-order valence-corrected chi connectivity index (χ0v) is 15.0. The van der Waals surface area contributed by atoms with Crippen molar-refractivity contribution < 1.29 is 14.0 Å². The van der Waals surface area contributed by atoms with Crippen LogP contribution in [0.3, 0.4) is 0 Å². The largest absolute Gasteiger partial charge is 0.455 e. The van der Waals surface area contributed by atoms with E-state index < -0.39 is 0 Å². The van der Waals surface area contributed by atoms with E-state index in [1.54, 1.807) is 18.7 Å². The lowest BCUT2D eigenvalue weighted by molar-refractivity contribution is 0.0963. The van der Waals surface area contributed by atoms with Crippen LogP contribution < -0.4 is 5.32 Å². The SMILES string of the molecule is CSCc1cccc(NC(=O)c2oc3c(c2C)C(=O)CCC3)c1C. The Hall–Kier alpha value is -2.01. The van der Waals surface area contributed by atoms with Gasteiger partial charge in [0, 0.05) is 29.8 Å². The zero-order valence-electron chi connectivity index (χ0n) is 14.2. The normalized spacial score (nSPS) is 13.7. The molecule has 0 saturated heterocycles. The number of carbonyl (C=O) groups is 2. The van der Waals surface area contributed by atoms with Crippen molar-refractivity contribution in [2.75, 3.05) is 11.6 Å². The van der Waals surface area contributed by atoms with Gasteiger partial charge in [0.2, 0.25) is 0 Å². The molecule has 24 heavy (non-hydrogen) atoms. The van der Waals surface area contributed by atoms with Gasteiger partial charge in [0.25, 0.3) is 5.91 Å². The predicted molar refractivity (Wildman–Crippen MR) is 97.1 cm³/mol. The second-order valence-electron chi connectivity index (χ2n) is 6.11. The van der Waals surface area contributed by atoms with Crippen molar-refractivity contribution in [1.29, 1.82) is 0 Å². The minimum atomic E-state index is -0.292. The van der Waals surface area contributed by atoms with Crippen molar-refractivity contribution in [3.8, 4) is 0 Å². The summed E-state index contributed by atoms with van der Waals surface area (Å²) in [6.45, 7) is 3.79. The highest BCUT2D eigenvalue weighted by Crippen LogP contribution is 2.30. The summed E-state index contributed by atoms with van der Waals surface area (Å²) >= 11 is 1.75. The van der Waals surface area contributed by atoms with Gasteiger partial charge in [-0.25, -0.2) is 0 Å². The molecule has 2 aromatic rings. The molecule has 1 amide bonds. The van der Waals surface area contributed by atoms with Crippen LogP contribution in [0.2, 0.25) is 0 Å². The second kappa shape index (κ2) is 6.85. The van der Waals surface area contributed by atoms with Crippen LogP contribution >= 0.6 is 11.8 Å². The van der Waals surface area contributed by atoms with Crippen molar-refractivity contribution in [1.82, 2.24) is 0 Å². The van der Waals surface area contributed by atoms with Crippen molar-refractivity contribution in [3.05, 3.63) is 52.0 Å². The summed E-state index contributed by atoms with van der Waals surface area (Å²) in [5, 5.41) is 2.94. The lowest BCUT2D eigenvalue weighted by atomic mass is 9.94. The Morgan fingerprint density at radius 3 is 2.75 bits per heavy atom. The lowest BCUT2D eigenvalue weighted by Gasteiger charge is -2.11. The first-order valence-electron chi connectivity index (χ1n) is 8.07. The number of furan rings is 1.